The van der Waals surface area contributed by atoms with E-state index in [9.17, 15) is 18.0 Å². The standard InChI is InChI=1S/C24H25N3O4S/c1-16-11-12-17(2)22(13-16)32(30,31)27-20-10-6-9-19(15-20)24(29)26-21(23(25)28)14-18-7-4-3-5-8-18/h3-13,15,21,27H,14H2,1-2H3,(H2,25,28)(H,26,29). The Balaban J connectivity index is 1.78. The van der Waals surface area contributed by atoms with E-state index in [0.29, 0.717) is 5.56 Å². The number of aryl methyl sites for hydroxylation is 2. The number of hydrogen-bond acceptors (Lipinski definition) is 4. The molecule has 8 heteroatoms. The predicted octanol–water partition coefficient (Wildman–Crippen LogP) is 2.93. The Bertz CT molecular complexity index is 1240. The first-order chi connectivity index (χ1) is 15.2. The molecular weight excluding hydrogens is 426 g/mol. The van der Waals surface area contributed by atoms with Crippen molar-refractivity contribution in [1.82, 2.24) is 5.32 Å². The molecule has 0 aromatic heterocycles. The third-order valence-corrected chi connectivity index (χ3v) is 6.46. The van der Waals surface area contributed by atoms with Crippen LogP contribution in [0.3, 0.4) is 0 Å². The predicted molar refractivity (Wildman–Crippen MR) is 124 cm³/mol. The van der Waals surface area contributed by atoms with Gasteiger partial charge in [0.05, 0.1) is 4.90 Å². The van der Waals surface area contributed by atoms with Crippen molar-refractivity contribution in [2.24, 2.45) is 5.73 Å². The van der Waals surface area contributed by atoms with Gasteiger partial charge in [-0.3, -0.25) is 14.3 Å². The van der Waals surface area contributed by atoms with Gasteiger partial charge in [-0.2, -0.15) is 0 Å². The van der Waals surface area contributed by atoms with E-state index < -0.39 is 27.9 Å². The molecule has 0 aliphatic heterocycles. The minimum Gasteiger partial charge on any atom is -0.368 e. The number of sulfonamides is 1. The van der Waals surface area contributed by atoms with Crippen LogP contribution < -0.4 is 15.8 Å². The number of nitrogens with one attached hydrogen (secondary N) is 2. The highest BCUT2D eigenvalue weighted by Crippen LogP contribution is 2.21. The molecule has 1 atom stereocenters. The number of nitrogens with two attached hydrogens (primary N) is 1. The van der Waals surface area contributed by atoms with Crippen LogP contribution in [-0.2, 0) is 21.2 Å². The highest BCUT2D eigenvalue weighted by molar-refractivity contribution is 7.92. The SMILES string of the molecule is Cc1ccc(C)c(S(=O)(=O)Nc2cccc(C(=O)NC(Cc3ccccc3)C(N)=O)c2)c1. The first-order valence-electron chi connectivity index (χ1n) is 10.00. The van der Waals surface area contributed by atoms with Crippen LogP contribution in [0.4, 0.5) is 5.69 Å². The fraction of sp³-hybridized carbons (Fsp3) is 0.167. The number of primary amides is 1. The lowest BCUT2D eigenvalue weighted by molar-refractivity contribution is -0.119. The molecule has 0 saturated heterocycles. The van der Waals surface area contributed by atoms with E-state index in [1.807, 2.05) is 43.3 Å². The smallest absolute Gasteiger partial charge is 0.262 e. The second-order valence-corrected chi connectivity index (χ2v) is 9.22. The summed E-state index contributed by atoms with van der Waals surface area (Å²) in [5.74, 6) is -1.19. The molecule has 7 nitrogen and oxygen atoms in total. The lowest BCUT2D eigenvalue weighted by Crippen LogP contribution is -2.45. The average Bonchev–Trinajstić information content (AvgIpc) is 2.75. The topological polar surface area (TPSA) is 118 Å². The van der Waals surface area contributed by atoms with Crippen LogP contribution in [-0.4, -0.2) is 26.3 Å². The van der Waals surface area contributed by atoms with Crippen molar-refractivity contribution in [2.75, 3.05) is 4.72 Å². The number of benzene rings is 3. The molecule has 3 rings (SSSR count). The number of anilines is 1. The highest BCUT2D eigenvalue weighted by atomic mass is 32.2. The summed E-state index contributed by atoms with van der Waals surface area (Å²) < 4.78 is 28.2. The fourth-order valence-electron chi connectivity index (χ4n) is 3.25. The molecule has 0 bridgehead atoms. The summed E-state index contributed by atoms with van der Waals surface area (Å²) in [6.07, 6.45) is 0.251. The molecule has 0 aliphatic rings. The van der Waals surface area contributed by atoms with Crippen LogP contribution in [0.5, 0.6) is 0 Å². The molecule has 0 fully saturated rings. The summed E-state index contributed by atoms with van der Waals surface area (Å²) in [6, 6.07) is 19.5. The van der Waals surface area contributed by atoms with Gasteiger partial charge in [-0.25, -0.2) is 8.42 Å². The van der Waals surface area contributed by atoms with Crippen molar-refractivity contribution in [1.29, 1.82) is 0 Å². The fourth-order valence-corrected chi connectivity index (χ4v) is 4.63. The van der Waals surface area contributed by atoms with Gasteiger partial charge in [0.1, 0.15) is 6.04 Å². The van der Waals surface area contributed by atoms with E-state index in [-0.39, 0.29) is 22.6 Å². The molecule has 0 spiro atoms. The van der Waals surface area contributed by atoms with Gasteiger partial charge in [-0.1, -0.05) is 48.5 Å². The van der Waals surface area contributed by atoms with Crippen molar-refractivity contribution in [3.05, 3.63) is 95.1 Å². The largest absolute Gasteiger partial charge is 0.368 e. The maximum atomic E-state index is 12.9. The zero-order chi connectivity index (χ0) is 23.3. The van der Waals surface area contributed by atoms with Crippen molar-refractivity contribution in [3.63, 3.8) is 0 Å². The zero-order valence-corrected chi connectivity index (χ0v) is 18.6. The first-order valence-corrected chi connectivity index (χ1v) is 11.5. The second kappa shape index (κ2) is 9.65. The Kier molecular flexibility index (Phi) is 6.95. The Morgan fingerprint density at radius 1 is 0.938 bits per heavy atom. The Morgan fingerprint density at radius 3 is 2.34 bits per heavy atom. The Labute approximate surface area is 187 Å². The lowest BCUT2D eigenvalue weighted by Gasteiger charge is -2.16. The molecule has 166 valence electrons. The summed E-state index contributed by atoms with van der Waals surface area (Å²) >= 11 is 0. The van der Waals surface area contributed by atoms with E-state index >= 15 is 0 Å². The number of carbonyl (C=O) groups excluding carboxylic acids is 2. The van der Waals surface area contributed by atoms with E-state index in [4.69, 9.17) is 5.73 Å². The van der Waals surface area contributed by atoms with Gasteiger partial charge >= 0.3 is 0 Å². The monoisotopic (exact) mass is 451 g/mol. The summed E-state index contributed by atoms with van der Waals surface area (Å²) in [4.78, 5) is 24.8. The van der Waals surface area contributed by atoms with Gasteiger partial charge in [0.25, 0.3) is 15.9 Å². The van der Waals surface area contributed by atoms with E-state index in [2.05, 4.69) is 10.0 Å². The minimum atomic E-state index is -3.84. The summed E-state index contributed by atoms with van der Waals surface area (Å²) in [7, 11) is -3.84. The molecule has 0 radical (unpaired) electrons. The molecule has 3 aromatic rings. The molecule has 0 aliphatic carbocycles. The van der Waals surface area contributed by atoms with Gasteiger partial charge in [0.2, 0.25) is 5.91 Å². The molecule has 2 amide bonds. The van der Waals surface area contributed by atoms with Crippen molar-refractivity contribution in [3.8, 4) is 0 Å². The van der Waals surface area contributed by atoms with Crippen LogP contribution >= 0.6 is 0 Å². The van der Waals surface area contributed by atoms with E-state index in [1.165, 1.54) is 12.1 Å². The molecular formula is C24H25N3O4S. The van der Waals surface area contributed by atoms with Crippen molar-refractivity contribution in [2.45, 2.75) is 31.2 Å². The van der Waals surface area contributed by atoms with Crippen LogP contribution in [0.2, 0.25) is 0 Å². The minimum absolute atomic E-state index is 0.170. The van der Waals surface area contributed by atoms with E-state index in [1.54, 1.807) is 31.2 Å². The Morgan fingerprint density at radius 2 is 1.66 bits per heavy atom. The third kappa shape index (κ3) is 5.73. The second-order valence-electron chi connectivity index (χ2n) is 7.57. The van der Waals surface area contributed by atoms with Gasteiger partial charge < -0.3 is 11.1 Å². The third-order valence-electron chi connectivity index (χ3n) is 4.94. The van der Waals surface area contributed by atoms with Crippen LogP contribution in [0.25, 0.3) is 0 Å². The van der Waals surface area contributed by atoms with Crippen molar-refractivity contribution < 1.29 is 18.0 Å². The number of rotatable bonds is 8. The van der Waals surface area contributed by atoms with Crippen LogP contribution in [0.1, 0.15) is 27.0 Å². The highest BCUT2D eigenvalue weighted by Gasteiger charge is 2.21. The number of amides is 2. The Hall–Kier alpha value is -3.65. The molecule has 3 aromatic carbocycles. The van der Waals surface area contributed by atoms with Crippen LogP contribution in [0, 0.1) is 13.8 Å². The molecule has 4 N–H and O–H groups in total. The summed E-state index contributed by atoms with van der Waals surface area (Å²) in [6.45, 7) is 3.53. The first kappa shape index (κ1) is 23.0. The molecule has 0 saturated carbocycles. The van der Waals surface area contributed by atoms with Gasteiger partial charge in [0.15, 0.2) is 0 Å². The van der Waals surface area contributed by atoms with E-state index in [0.717, 1.165) is 11.1 Å². The van der Waals surface area contributed by atoms with Crippen molar-refractivity contribution >= 4 is 27.5 Å². The molecule has 1 unspecified atom stereocenters. The quantitative estimate of drug-likeness (QED) is 0.488. The van der Waals surface area contributed by atoms with Gasteiger partial charge in [0, 0.05) is 17.7 Å². The maximum absolute atomic E-state index is 12.9. The summed E-state index contributed by atoms with van der Waals surface area (Å²) in [5.41, 5.74) is 8.19. The zero-order valence-electron chi connectivity index (χ0n) is 17.8. The van der Waals surface area contributed by atoms with Gasteiger partial charge in [-0.05, 0) is 54.8 Å². The maximum Gasteiger partial charge on any atom is 0.262 e. The number of hydrogen-bond donors (Lipinski definition) is 3. The summed E-state index contributed by atoms with van der Waals surface area (Å²) in [5, 5.41) is 2.63. The lowest BCUT2D eigenvalue weighted by atomic mass is 10.0. The average molecular weight is 452 g/mol. The van der Waals surface area contributed by atoms with Gasteiger partial charge in [-0.15, -0.1) is 0 Å². The molecule has 32 heavy (non-hydrogen) atoms. The molecule has 0 heterocycles. The normalized spacial score (nSPS) is 12.1. The van der Waals surface area contributed by atoms with Crippen LogP contribution in [0.15, 0.2) is 77.7 Å². The number of carbonyl (C=O) groups is 2.